The highest BCUT2D eigenvalue weighted by Gasteiger charge is 2.46. The number of nitrogens with zero attached hydrogens (tertiary/aromatic N) is 6. The lowest BCUT2D eigenvalue weighted by molar-refractivity contribution is -0.148. The van der Waals surface area contributed by atoms with Crippen LogP contribution < -0.4 is 29.1 Å². The molecule has 16 heteroatoms. The SMILES string of the molecule is O=C(O)CCCCCC(CN1C(=O)CCc2ccc(OCCCCN3CCN(c4cccc5sccc45)CC3)cc21)(CN1C(=O)CCc2ccc(OCCCCN3CCN(c4cccc5sccc45)CC3)cc21)C(=O)O. The van der Waals surface area contributed by atoms with E-state index in [2.05, 4.69) is 78.9 Å². The summed E-state index contributed by atoms with van der Waals surface area (Å²) in [6.45, 7) is 10.7. The van der Waals surface area contributed by atoms with Crippen molar-refractivity contribution in [3.63, 3.8) is 0 Å². The van der Waals surface area contributed by atoms with Crippen LogP contribution >= 0.6 is 22.7 Å². The van der Waals surface area contributed by atoms with Crippen LogP contribution in [0.1, 0.15) is 81.8 Å². The maximum Gasteiger partial charge on any atom is 0.313 e. The summed E-state index contributed by atoms with van der Waals surface area (Å²) in [6, 6.07) is 29.2. The van der Waals surface area contributed by atoms with E-state index in [9.17, 15) is 29.4 Å². The molecule has 76 heavy (non-hydrogen) atoms. The van der Waals surface area contributed by atoms with E-state index in [1.165, 1.54) is 31.5 Å². The lowest BCUT2D eigenvalue weighted by Gasteiger charge is -2.42. The highest BCUT2D eigenvalue weighted by Crippen LogP contribution is 2.41. The monoisotopic (exact) mass is 1070 g/mol. The summed E-state index contributed by atoms with van der Waals surface area (Å²) in [7, 11) is 0. The Hall–Kier alpha value is -6.20. The zero-order valence-corrected chi connectivity index (χ0v) is 45.3. The molecule has 6 heterocycles. The van der Waals surface area contributed by atoms with Crippen molar-refractivity contribution >= 4 is 89.3 Å². The minimum atomic E-state index is -1.57. The van der Waals surface area contributed by atoms with Crippen molar-refractivity contribution in [2.45, 2.75) is 83.5 Å². The van der Waals surface area contributed by atoms with Gasteiger partial charge in [0.15, 0.2) is 0 Å². The molecule has 2 fully saturated rings. The summed E-state index contributed by atoms with van der Waals surface area (Å²) in [4.78, 5) is 66.8. The molecular weight excluding hydrogens is 997 g/mol. The number of piperazine rings is 2. The van der Waals surface area contributed by atoms with Crippen molar-refractivity contribution in [2.24, 2.45) is 5.41 Å². The van der Waals surface area contributed by atoms with E-state index in [-0.39, 0.29) is 50.6 Å². The van der Waals surface area contributed by atoms with Crippen LogP contribution in [0, 0.1) is 5.41 Å². The number of hydrogen-bond acceptors (Lipinski definition) is 12. The Morgan fingerprint density at radius 3 is 1.47 bits per heavy atom. The molecule has 2 amide bonds. The number of anilines is 4. The first kappa shape index (κ1) is 53.2. The fraction of sp³-hybridized carbons (Fsp3) is 0.467. The van der Waals surface area contributed by atoms with Crippen LogP contribution in [-0.2, 0) is 32.0 Å². The third kappa shape index (κ3) is 12.6. The van der Waals surface area contributed by atoms with Crippen LogP contribution in [0.25, 0.3) is 20.2 Å². The number of carboxylic acid groups (broad SMARTS) is 2. The van der Waals surface area contributed by atoms with Crippen molar-refractivity contribution in [3.8, 4) is 11.5 Å². The molecule has 2 N–H and O–H groups in total. The number of thiophene rings is 2. The molecule has 0 aliphatic carbocycles. The van der Waals surface area contributed by atoms with Crippen LogP contribution in [0.2, 0.25) is 0 Å². The molecule has 14 nitrogen and oxygen atoms in total. The first-order valence-corrected chi connectivity index (χ1v) is 29.3. The zero-order chi connectivity index (χ0) is 52.4. The predicted octanol–water partition coefficient (Wildman–Crippen LogP) is 10.4. The highest BCUT2D eigenvalue weighted by molar-refractivity contribution is 7.17. The van der Waals surface area contributed by atoms with Gasteiger partial charge in [0, 0.05) is 128 Å². The zero-order valence-electron chi connectivity index (χ0n) is 43.7. The summed E-state index contributed by atoms with van der Waals surface area (Å²) in [6.07, 6.45) is 6.67. The maximum atomic E-state index is 14.1. The molecule has 6 aromatic rings. The molecule has 402 valence electrons. The number of carbonyl (C=O) groups excluding carboxylic acids is 2. The summed E-state index contributed by atoms with van der Waals surface area (Å²) in [5.41, 5.74) is 4.22. The number of amides is 2. The molecule has 0 atom stereocenters. The van der Waals surface area contributed by atoms with E-state index in [0.29, 0.717) is 68.2 Å². The minimum absolute atomic E-state index is 0.0169. The van der Waals surface area contributed by atoms with E-state index >= 15 is 0 Å². The molecule has 0 unspecified atom stereocenters. The number of aliphatic carboxylic acids is 2. The van der Waals surface area contributed by atoms with Gasteiger partial charge >= 0.3 is 11.9 Å². The molecule has 0 bridgehead atoms. The third-order valence-electron chi connectivity index (χ3n) is 16.1. The standard InChI is InChI=1S/C60H72N6O8S2/c67-56-21-17-44-15-19-46(73-36-6-4-26-61-28-32-63(33-29-61)50-10-8-12-54-48(50)23-38-75-54)40-52(44)65(56)42-60(59(71)72,25-3-1-2-14-58(69)70)43-66-53-41-47(20-16-45(53)18-22-57(66)68)74-37-7-5-27-62-30-34-64(35-31-62)51-11-9-13-55-49(51)24-39-76-55/h8-13,15-16,19-20,23-24,38-41H,1-7,14,17-18,21-22,25-37,42-43H2,(H,69,70)(H,71,72). The predicted molar refractivity (Wildman–Crippen MR) is 305 cm³/mol. The Morgan fingerprint density at radius 2 is 1.01 bits per heavy atom. The Morgan fingerprint density at radius 1 is 0.526 bits per heavy atom. The number of hydrogen-bond donors (Lipinski definition) is 2. The van der Waals surface area contributed by atoms with Gasteiger partial charge < -0.3 is 39.3 Å². The number of unbranched alkanes of at least 4 members (excludes halogenated alkanes) is 4. The summed E-state index contributed by atoms with van der Waals surface area (Å²) in [5, 5.41) is 27.8. The summed E-state index contributed by atoms with van der Waals surface area (Å²) < 4.78 is 15.3. The van der Waals surface area contributed by atoms with Gasteiger partial charge in [-0.05, 0) is 135 Å². The average molecular weight is 1070 g/mol. The molecule has 2 aromatic heterocycles. The van der Waals surface area contributed by atoms with Crippen LogP contribution in [0.3, 0.4) is 0 Å². The first-order chi connectivity index (χ1) is 37.1. The van der Waals surface area contributed by atoms with Crippen molar-refractivity contribution in [3.05, 3.63) is 107 Å². The average Bonchev–Trinajstić information content (AvgIpc) is 4.14. The largest absolute Gasteiger partial charge is 0.494 e. The summed E-state index contributed by atoms with van der Waals surface area (Å²) >= 11 is 3.57. The van der Waals surface area contributed by atoms with Crippen molar-refractivity contribution in [2.75, 3.05) is 111 Å². The molecule has 0 saturated carbocycles. The molecule has 2 saturated heterocycles. The second-order valence-corrected chi connectivity index (χ2v) is 23.0. The van der Waals surface area contributed by atoms with Gasteiger partial charge in [-0.1, -0.05) is 37.1 Å². The van der Waals surface area contributed by atoms with Crippen molar-refractivity contribution in [1.82, 2.24) is 9.80 Å². The van der Waals surface area contributed by atoms with Gasteiger partial charge in [-0.25, -0.2) is 0 Å². The number of rotatable bonds is 25. The molecule has 4 aliphatic heterocycles. The number of carbonyl (C=O) groups is 4. The second-order valence-electron chi connectivity index (χ2n) is 21.1. The third-order valence-corrected chi connectivity index (χ3v) is 17.8. The molecule has 0 radical (unpaired) electrons. The topological polar surface area (TPSA) is 147 Å². The molecule has 4 aliphatic rings. The van der Waals surface area contributed by atoms with Crippen LogP contribution in [0.5, 0.6) is 11.5 Å². The van der Waals surface area contributed by atoms with E-state index in [0.717, 1.165) is 102 Å². The Labute approximate surface area is 454 Å². The normalized spacial score (nSPS) is 16.6. The number of ether oxygens (including phenoxy) is 2. The first-order valence-electron chi connectivity index (χ1n) is 27.6. The number of aryl methyl sites for hydroxylation is 2. The van der Waals surface area contributed by atoms with Gasteiger partial charge in [0.2, 0.25) is 11.8 Å². The Balaban J connectivity index is 0.756. The van der Waals surface area contributed by atoms with Gasteiger partial charge in [-0.3, -0.25) is 29.0 Å². The smallest absolute Gasteiger partial charge is 0.313 e. The minimum Gasteiger partial charge on any atom is -0.494 e. The van der Waals surface area contributed by atoms with E-state index in [1.807, 2.05) is 36.4 Å². The number of carboxylic acids is 2. The van der Waals surface area contributed by atoms with Crippen LogP contribution in [-0.4, -0.2) is 136 Å². The highest BCUT2D eigenvalue weighted by atomic mass is 32.1. The van der Waals surface area contributed by atoms with Gasteiger partial charge in [0.1, 0.15) is 16.9 Å². The van der Waals surface area contributed by atoms with Crippen LogP contribution in [0.15, 0.2) is 95.7 Å². The van der Waals surface area contributed by atoms with Gasteiger partial charge in [0.25, 0.3) is 0 Å². The lowest BCUT2D eigenvalue weighted by atomic mass is 9.79. The molecule has 0 spiro atoms. The quantitative estimate of drug-likeness (QED) is 0.0526. The molecule has 10 rings (SSSR count). The van der Waals surface area contributed by atoms with Crippen LogP contribution in [0.4, 0.5) is 22.7 Å². The maximum absolute atomic E-state index is 14.1. The molecule has 4 aromatic carbocycles. The Kier molecular flexibility index (Phi) is 17.4. The number of fused-ring (bicyclic) bond motifs is 4. The van der Waals surface area contributed by atoms with E-state index < -0.39 is 17.4 Å². The molecular formula is C60H72N6O8S2. The van der Waals surface area contributed by atoms with Gasteiger partial charge in [0.05, 0.1) is 24.6 Å². The van der Waals surface area contributed by atoms with Gasteiger partial charge in [-0.2, -0.15) is 0 Å². The van der Waals surface area contributed by atoms with E-state index in [1.54, 1.807) is 32.5 Å². The Bertz CT molecular complexity index is 2800. The van der Waals surface area contributed by atoms with Crippen molar-refractivity contribution in [1.29, 1.82) is 0 Å². The lowest BCUT2D eigenvalue weighted by Crippen LogP contribution is -2.54. The summed E-state index contributed by atoms with van der Waals surface area (Å²) in [5.74, 6) is -1.11. The van der Waals surface area contributed by atoms with Gasteiger partial charge in [-0.15, -0.1) is 22.7 Å². The second kappa shape index (κ2) is 24.9. The fourth-order valence-corrected chi connectivity index (χ4v) is 13.3. The number of benzene rings is 4. The van der Waals surface area contributed by atoms with E-state index in [4.69, 9.17) is 9.47 Å². The van der Waals surface area contributed by atoms with Crippen molar-refractivity contribution < 1.29 is 38.9 Å². The fourth-order valence-electron chi connectivity index (χ4n) is 11.7.